The number of halogens is 3. The van der Waals surface area contributed by atoms with Crippen LogP contribution >= 0.6 is 0 Å². The second-order valence-corrected chi connectivity index (χ2v) is 3.16. The molecule has 0 aliphatic heterocycles. The van der Waals surface area contributed by atoms with Gasteiger partial charge in [0.15, 0.2) is 0 Å². The lowest BCUT2D eigenvalue weighted by Crippen LogP contribution is -2.05. The van der Waals surface area contributed by atoms with Crippen LogP contribution in [0.3, 0.4) is 0 Å². The highest BCUT2D eigenvalue weighted by molar-refractivity contribution is 5.26. The molecule has 1 N–H and O–H groups in total. The lowest BCUT2D eigenvalue weighted by atomic mass is 10.0. The standard InChI is InChI=1S/C11H11F3O/c1-2-3-10(15)8-4-6-9(7-5-8)11(12,13)14/h2,4-7,10,15H,1,3H2/t10-/m1/s1. The van der Waals surface area contributed by atoms with Gasteiger partial charge in [-0.2, -0.15) is 13.2 Å². The topological polar surface area (TPSA) is 20.2 Å². The number of aliphatic hydroxyl groups is 1. The Morgan fingerprint density at radius 3 is 2.20 bits per heavy atom. The van der Waals surface area contributed by atoms with E-state index >= 15 is 0 Å². The fourth-order valence-corrected chi connectivity index (χ4v) is 1.19. The van der Waals surface area contributed by atoms with Crippen LogP contribution in [0.25, 0.3) is 0 Å². The molecule has 0 amide bonds. The SMILES string of the molecule is C=CC[C@@H](O)c1ccc(C(F)(F)F)cc1. The van der Waals surface area contributed by atoms with Crippen molar-refractivity contribution >= 4 is 0 Å². The molecular formula is C11H11F3O. The Kier molecular flexibility index (Phi) is 3.52. The average molecular weight is 216 g/mol. The van der Waals surface area contributed by atoms with Crippen LogP contribution < -0.4 is 0 Å². The van der Waals surface area contributed by atoms with Gasteiger partial charge in [0.25, 0.3) is 0 Å². The molecule has 0 aliphatic carbocycles. The molecule has 0 saturated carbocycles. The maximum atomic E-state index is 12.2. The number of benzene rings is 1. The van der Waals surface area contributed by atoms with Crippen molar-refractivity contribution in [2.24, 2.45) is 0 Å². The molecule has 0 aliphatic rings. The first kappa shape index (κ1) is 11.8. The first-order chi connectivity index (χ1) is 6.95. The number of hydrogen-bond donors (Lipinski definition) is 1. The predicted molar refractivity (Wildman–Crippen MR) is 51.2 cm³/mol. The predicted octanol–water partition coefficient (Wildman–Crippen LogP) is 3.31. The van der Waals surface area contributed by atoms with E-state index in [1.54, 1.807) is 0 Å². The Morgan fingerprint density at radius 2 is 1.80 bits per heavy atom. The molecule has 4 heteroatoms. The Labute approximate surface area is 85.9 Å². The smallest absolute Gasteiger partial charge is 0.388 e. The van der Waals surface area contributed by atoms with Crippen LogP contribution in [0.2, 0.25) is 0 Å². The minimum Gasteiger partial charge on any atom is -0.388 e. The molecule has 1 aromatic rings. The molecule has 0 spiro atoms. The summed E-state index contributed by atoms with van der Waals surface area (Å²) in [6, 6.07) is 4.47. The Hall–Kier alpha value is -1.29. The van der Waals surface area contributed by atoms with E-state index in [-0.39, 0.29) is 0 Å². The third-order valence-electron chi connectivity index (χ3n) is 2.01. The number of hydrogen-bond acceptors (Lipinski definition) is 1. The largest absolute Gasteiger partial charge is 0.416 e. The maximum absolute atomic E-state index is 12.2. The molecule has 1 rings (SSSR count). The third-order valence-corrected chi connectivity index (χ3v) is 2.01. The van der Waals surface area contributed by atoms with Crippen molar-refractivity contribution in [3.63, 3.8) is 0 Å². The van der Waals surface area contributed by atoms with Crippen LogP contribution in [0.1, 0.15) is 23.7 Å². The molecule has 0 radical (unpaired) electrons. The maximum Gasteiger partial charge on any atom is 0.416 e. The van der Waals surface area contributed by atoms with E-state index in [1.165, 1.54) is 18.2 Å². The van der Waals surface area contributed by atoms with Gasteiger partial charge in [-0.15, -0.1) is 6.58 Å². The molecule has 1 aromatic carbocycles. The minimum atomic E-state index is -4.33. The van der Waals surface area contributed by atoms with E-state index in [9.17, 15) is 18.3 Å². The molecule has 0 fully saturated rings. The molecule has 15 heavy (non-hydrogen) atoms. The van der Waals surface area contributed by atoms with E-state index in [0.29, 0.717) is 12.0 Å². The fourth-order valence-electron chi connectivity index (χ4n) is 1.19. The summed E-state index contributed by atoms with van der Waals surface area (Å²) in [4.78, 5) is 0. The van der Waals surface area contributed by atoms with Crippen molar-refractivity contribution in [1.29, 1.82) is 0 Å². The van der Waals surface area contributed by atoms with E-state index in [2.05, 4.69) is 6.58 Å². The van der Waals surface area contributed by atoms with Gasteiger partial charge in [0.2, 0.25) is 0 Å². The molecule has 1 atom stereocenters. The zero-order valence-corrected chi connectivity index (χ0v) is 7.96. The van der Waals surface area contributed by atoms with Gasteiger partial charge >= 0.3 is 6.18 Å². The first-order valence-corrected chi connectivity index (χ1v) is 4.41. The summed E-state index contributed by atoms with van der Waals surface area (Å²) in [5, 5.41) is 9.46. The van der Waals surface area contributed by atoms with Crippen molar-refractivity contribution < 1.29 is 18.3 Å². The quantitative estimate of drug-likeness (QED) is 0.768. The second kappa shape index (κ2) is 4.49. The van der Waals surface area contributed by atoms with Crippen LogP contribution in [0, 0.1) is 0 Å². The molecule has 0 aromatic heterocycles. The van der Waals surface area contributed by atoms with Crippen LogP contribution in [-0.4, -0.2) is 5.11 Å². The van der Waals surface area contributed by atoms with Gasteiger partial charge in [0, 0.05) is 0 Å². The van der Waals surface area contributed by atoms with Crippen molar-refractivity contribution in [2.75, 3.05) is 0 Å². The van der Waals surface area contributed by atoms with Crippen molar-refractivity contribution in [3.05, 3.63) is 48.0 Å². The number of rotatable bonds is 3. The number of aliphatic hydroxyl groups excluding tert-OH is 1. The third kappa shape index (κ3) is 3.09. The van der Waals surface area contributed by atoms with Crippen molar-refractivity contribution in [1.82, 2.24) is 0 Å². The second-order valence-electron chi connectivity index (χ2n) is 3.16. The van der Waals surface area contributed by atoms with E-state index in [1.807, 2.05) is 0 Å². The molecule has 82 valence electrons. The lowest BCUT2D eigenvalue weighted by Gasteiger charge is -2.10. The zero-order valence-electron chi connectivity index (χ0n) is 7.96. The fraction of sp³-hybridized carbons (Fsp3) is 0.273. The van der Waals surface area contributed by atoms with Gasteiger partial charge in [0.05, 0.1) is 11.7 Å². The first-order valence-electron chi connectivity index (χ1n) is 4.41. The van der Waals surface area contributed by atoms with Crippen LogP contribution in [0.4, 0.5) is 13.2 Å². The van der Waals surface area contributed by atoms with E-state index in [0.717, 1.165) is 12.1 Å². The lowest BCUT2D eigenvalue weighted by molar-refractivity contribution is -0.137. The van der Waals surface area contributed by atoms with Crippen LogP contribution in [0.15, 0.2) is 36.9 Å². The summed E-state index contributed by atoms with van der Waals surface area (Å²) in [7, 11) is 0. The van der Waals surface area contributed by atoms with Crippen molar-refractivity contribution in [2.45, 2.75) is 18.7 Å². The van der Waals surface area contributed by atoms with Gasteiger partial charge in [0.1, 0.15) is 0 Å². The van der Waals surface area contributed by atoms with Gasteiger partial charge in [-0.1, -0.05) is 18.2 Å². The Bertz CT molecular complexity index is 327. The van der Waals surface area contributed by atoms with Gasteiger partial charge in [-0.3, -0.25) is 0 Å². The molecule has 1 nitrogen and oxygen atoms in total. The van der Waals surface area contributed by atoms with Gasteiger partial charge in [-0.05, 0) is 24.1 Å². The molecule has 0 bridgehead atoms. The van der Waals surface area contributed by atoms with Crippen LogP contribution in [0.5, 0.6) is 0 Å². The molecular weight excluding hydrogens is 205 g/mol. The van der Waals surface area contributed by atoms with Crippen LogP contribution in [-0.2, 0) is 6.18 Å². The van der Waals surface area contributed by atoms with Gasteiger partial charge < -0.3 is 5.11 Å². The van der Waals surface area contributed by atoms with Gasteiger partial charge in [-0.25, -0.2) is 0 Å². The Morgan fingerprint density at radius 1 is 1.27 bits per heavy atom. The highest BCUT2D eigenvalue weighted by Gasteiger charge is 2.30. The highest BCUT2D eigenvalue weighted by atomic mass is 19.4. The van der Waals surface area contributed by atoms with E-state index in [4.69, 9.17) is 0 Å². The summed E-state index contributed by atoms with van der Waals surface area (Å²) in [6.07, 6.45) is -3.28. The summed E-state index contributed by atoms with van der Waals surface area (Å²) in [6.45, 7) is 3.44. The molecule has 0 heterocycles. The summed E-state index contributed by atoms with van der Waals surface area (Å²) >= 11 is 0. The minimum absolute atomic E-state index is 0.325. The normalized spacial score (nSPS) is 13.6. The summed E-state index contributed by atoms with van der Waals surface area (Å²) in [5.74, 6) is 0. The van der Waals surface area contributed by atoms with Crippen molar-refractivity contribution in [3.8, 4) is 0 Å². The Balaban J connectivity index is 2.85. The highest BCUT2D eigenvalue weighted by Crippen LogP contribution is 2.30. The molecule has 0 saturated heterocycles. The summed E-state index contributed by atoms with van der Waals surface area (Å²) in [5.41, 5.74) is -0.250. The summed E-state index contributed by atoms with van der Waals surface area (Å²) < 4.78 is 36.6. The number of alkyl halides is 3. The average Bonchev–Trinajstić information content (AvgIpc) is 2.17. The monoisotopic (exact) mass is 216 g/mol. The molecule has 0 unspecified atom stereocenters. The van der Waals surface area contributed by atoms with E-state index < -0.39 is 17.8 Å². The zero-order chi connectivity index (χ0) is 11.5.